The van der Waals surface area contributed by atoms with Crippen molar-refractivity contribution < 1.29 is 24.5 Å². The van der Waals surface area contributed by atoms with E-state index >= 15 is 0 Å². The molecule has 1 amide bonds. The minimum absolute atomic E-state index is 0.0113. The molecule has 0 radical (unpaired) electrons. The van der Waals surface area contributed by atoms with Crippen LogP contribution in [0.4, 0.5) is 0 Å². The molecule has 0 rings (SSSR count). The van der Waals surface area contributed by atoms with E-state index < -0.39 is 12.1 Å². The molecule has 0 aliphatic carbocycles. The second-order valence-corrected chi connectivity index (χ2v) is 18.6. The number of nitrogens with one attached hydrogen (secondary N) is 1. The van der Waals surface area contributed by atoms with E-state index in [9.17, 15) is 19.8 Å². The summed E-state index contributed by atoms with van der Waals surface area (Å²) in [6.45, 7) is 4.84. The Morgan fingerprint density at radius 1 is 0.452 bits per heavy atom. The Kier molecular flexibility index (Phi) is 50.1. The van der Waals surface area contributed by atoms with E-state index in [4.69, 9.17) is 4.74 Å². The van der Waals surface area contributed by atoms with Gasteiger partial charge in [-0.15, -0.1) is 0 Å². The van der Waals surface area contributed by atoms with Crippen LogP contribution in [-0.4, -0.2) is 47.4 Å². The van der Waals surface area contributed by atoms with Gasteiger partial charge in [-0.25, -0.2) is 0 Å². The van der Waals surface area contributed by atoms with Crippen molar-refractivity contribution in [3.63, 3.8) is 0 Å². The van der Waals surface area contributed by atoms with Crippen LogP contribution >= 0.6 is 0 Å². The highest BCUT2D eigenvalue weighted by Gasteiger charge is 2.18. The predicted octanol–water partition coefficient (Wildman–Crippen LogP) is 16.5. The molecule has 0 fully saturated rings. The SMILES string of the molecule is CCCCCCCCCC/C=C/C(O)C(CO)NC(=O)CCCCCCCCCCCC/C=C\C=C/CCCCCOC(=O)CCCCCCCCCCCCCCCCCC. The highest BCUT2D eigenvalue weighted by atomic mass is 16.5. The first-order valence-electron chi connectivity index (χ1n) is 27.3. The molecule has 0 aliphatic heterocycles. The van der Waals surface area contributed by atoms with Crippen LogP contribution in [0.25, 0.3) is 0 Å². The van der Waals surface area contributed by atoms with Gasteiger partial charge in [0.1, 0.15) is 0 Å². The topological polar surface area (TPSA) is 95.9 Å². The maximum atomic E-state index is 12.4. The highest BCUT2D eigenvalue weighted by molar-refractivity contribution is 5.76. The summed E-state index contributed by atoms with van der Waals surface area (Å²) in [6.07, 6.45) is 63.1. The number of unbranched alkanes of at least 4 members (excludes halogenated alkanes) is 36. The molecule has 0 aromatic carbocycles. The second-order valence-electron chi connectivity index (χ2n) is 18.6. The molecule has 2 unspecified atom stereocenters. The number of esters is 1. The van der Waals surface area contributed by atoms with E-state index in [2.05, 4.69) is 43.5 Å². The summed E-state index contributed by atoms with van der Waals surface area (Å²) >= 11 is 0. The summed E-state index contributed by atoms with van der Waals surface area (Å²) in [7, 11) is 0. The Morgan fingerprint density at radius 2 is 0.790 bits per heavy atom. The quantitative estimate of drug-likeness (QED) is 0.0245. The third-order valence-corrected chi connectivity index (χ3v) is 12.4. The zero-order chi connectivity index (χ0) is 45.1. The van der Waals surface area contributed by atoms with Crippen molar-refractivity contribution in [2.24, 2.45) is 0 Å². The van der Waals surface area contributed by atoms with Crippen LogP contribution in [0.3, 0.4) is 0 Å². The number of ether oxygens (including phenoxy) is 1. The number of hydrogen-bond acceptors (Lipinski definition) is 5. The average molecular weight is 872 g/mol. The monoisotopic (exact) mass is 872 g/mol. The molecule has 6 heteroatoms. The van der Waals surface area contributed by atoms with Gasteiger partial charge in [0.05, 0.1) is 25.4 Å². The third-order valence-electron chi connectivity index (χ3n) is 12.4. The van der Waals surface area contributed by atoms with Crippen molar-refractivity contribution in [3.05, 3.63) is 36.5 Å². The summed E-state index contributed by atoms with van der Waals surface area (Å²) in [6, 6.07) is -0.634. The minimum Gasteiger partial charge on any atom is -0.466 e. The lowest BCUT2D eigenvalue weighted by atomic mass is 10.0. The smallest absolute Gasteiger partial charge is 0.305 e. The Balaban J connectivity index is 3.47. The molecule has 0 aliphatic rings. The minimum atomic E-state index is -0.849. The maximum Gasteiger partial charge on any atom is 0.305 e. The zero-order valence-electron chi connectivity index (χ0n) is 41.4. The summed E-state index contributed by atoms with van der Waals surface area (Å²) in [5.74, 6) is -0.0915. The lowest BCUT2D eigenvalue weighted by Gasteiger charge is -2.20. The normalized spacial score (nSPS) is 12.9. The molecule has 0 aromatic rings. The molecule has 0 aromatic heterocycles. The van der Waals surface area contributed by atoms with Gasteiger partial charge in [-0.2, -0.15) is 0 Å². The molecular weight excluding hydrogens is 767 g/mol. The first-order chi connectivity index (χ1) is 30.5. The number of aliphatic hydroxyl groups is 2. The lowest BCUT2D eigenvalue weighted by Crippen LogP contribution is -2.45. The number of rotatable bonds is 50. The van der Waals surface area contributed by atoms with Crippen molar-refractivity contribution >= 4 is 11.9 Å². The van der Waals surface area contributed by atoms with Crippen molar-refractivity contribution in [1.82, 2.24) is 5.32 Å². The summed E-state index contributed by atoms with van der Waals surface area (Å²) in [4.78, 5) is 24.4. The van der Waals surface area contributed by atoms with Crippen molar-refractivity contribution in [1.29, 1.82) is 0 Å². The lowest BCUT2D eigenvalue weighted by molar-refractivity contribution is -0.143. The summed E-state index contributed by atoms with van der Waals surface area (Å²) in [5.41, 5.74) is 0. The van der Waals surface area contributed by atoms with Crippen LogP contribution in [0.15, 0.2) is 36.5 Å². The summed E-state index contributed by atoms with van der Waals surface area (Å²) in [5, 5.41) is 22.9. The van der Waals surface area contributed by atoms with Gasteiger partial charge in [-0.3, -0.25) is 9.59 Å². The van der Waals surface area contributed by atoms with E-state index in [1.54, 1.807) is 6.08 Å². The fourth-order valence-electron chi connectivity index (χ4n) is 8.21. The van der Waals surface area contributed by atoms with Crippen LogP contribution < -0.4 is 5.32 Å². The second kappa shape index (κ2) is 51.7. The molecule has 0 saturated heterocycles. The van der Waals surface area contributed by atoms with Crippen LogP contribution in [0.1, 0.15) is 284 Å². The van der Waals surface area contributed by atoms with Crippen LogP contribution in [0, 0.1) is 0 Å². The Bertz CT molecular complexity index is 1010. The number of allylic oxidation sites excluding steroid dienone is 5. The molecule has 0 heterocycles. The largest absolute Gasteiger partial charge is 0.466 e. The molecule has 364 valence electrons. The maximum absolute atomic E-state index is 12.4. The highest BCUT2D eigenvalue weighted by Crippen LogP contribution is 2.16. The number of hydrogen-bond donors (Lipinski definition) is 3. The van der Waals surface area contributed by atoms with Crippen molar-refractivity contribution in [3.8, 4) is 0 Å². The van der Waals surface area contributed by atoms with E-state index in [1.807, 2.05) is 6.08 Å². The number of carbonyl (C=O) groups is 2. The van der Waals surface area contributed by atoms with Crippen molar-refractivity contribution in [2.75, 3.05) is 13.2 Å². The van der Waals surface area contributed by atoms with Crippen LogP contribution in [0.2, 0.25) is 0 Å². The van der Waals surface area contributed by atoms with Gasteiger partial charge in [0, 0.05) is 12.8 Å². The molecule has 62 heavy (non-hydrogen) atoms. The van der Waals surface area contributed by atoms with Crippen LogP contribution in [-0.2, 0) is 14.3 Å². The molecule has 0 saturated carbocycles. The van der Waals surface area contributed by atoms with Gasteiger partial charge in [-0.1, -0.05) is 243 Å². The van der Waals surface area contributed by atoms with Crippen molar-refractivity contribution in [2.45, 2.75) is 296 Å². The summed E-state index contributed by atoms with van der Waals surface area (Å²) < 4.78 is 5.46. The number of aliphatic hydroxyl groups excluding tert-OH is 2. The van der Waals surface area contributed by atoms with Crippen LogP contribution in [0.5, 0.6) is 0 Å². The van der Waals surface area contributed by atoms with E-state index in [1.165, 1.54) is 180 Å². The van der Waals surface area contributed by atoms with Gasteiger partial charge < -0.3 is 20.3 Å². The molecule has 0 bridgehead atoms. The van der Waals surface area contributed by atoms with E-state index in [0.717, 1.165) is 77.0 Å². The average Bonchev–Trinajstić information content (AvgIpc) is 3.27. The third kappa shape index (κ3) is 47.6. The van der Waals surface area contributed by atoms with Gasteiger partial charge >= 0.3 is 5.97 Å². The Labute approximate surface area is 385 Å². The predicted molar refractivity (Wildman–Crippen MR) is 269 cm³/mol. The molecule has 6 nitrogen and oxygen atoms in total. The first-order valence-corrected chi connectivity index (χ1v) is 27.3. The fourth-order valence-corrected chi connectivity index (χ4v) is 8.21. The first kappa shape index (κ1) is 60.1. The van der Waals surface area contributed by atoms with E-state index in [0.29, 0.717) is 19.4 Å². The van der Waals surface area contributed by atoms with E-state index in [-0.39, 0.29) is 18.5 Å². The number of carbonyl (C=O) groups excluding carboxylic acids is 2. The molecule has 0 spiro atoms. The molecule has 2 atom stereocenters. The Morgan fingerprint density at radius 3 is 1.19 bits per heavy atom. The fraction of sp³-hybridized carbons (Fsp3) is 0.857. The Hall–Kier alpha value is -1.92. The van der Waals surface area contributed by atoms with Gasteiger partial charge in [-0.05, 0) is 64.2 Å². The molecular formula is C56H105NO5. The standard InChI is InChI=1S/C56H105NO5/c1-3-5-7-9-11-13-15-16-17-24-27-30-34-38-42-46-50-56(61)62-51-47-43-39-35-31-28-25-22-20-18-19-21-23-26-29-33-37-41-45-49-55(60)57-53(52-58)54(59)48-44-40-36-32-14-12-10-8-6-4-2/h22,25,28,31,44,48,53-54,58-59H,3-21,23-24,26-27,29-30,32-43,45-47,49-52H2,1-2H3,(H,57,60)/b25-22-,31-28-,48-44+. The van der Waals surface area contributed by atoms with Gasteiger partial charge in [0.2, 0.25) is 5.91 Å². The molecule has 3 N–H and O–H groups in total. The van der Waals surface area contributed by atoms with Gasteiger partial charge in [0.15, 0.2) is 0 Å². The zero-order valence-corrected chi connectivity index (χ0v) is 41.4. The van der Waals surface area contributed by atoms with Gasteiger partial charge in [0.25, 0.3) is 0 Å². The number of amides is 1.